The Morgan fingerprint density at radius 2 is 1.76 bits per heavy atom. The molecule has 0 bridgehead atoms. The van der Waals surface area contributed by atoms with Gasteiger partial charge < -0.3 is 14.8 Å². The molecule has 0 aliphatic heterocycles. The van der Waals surface area contributed by atoms with Crippen LogP contribution in [0.25, 0.3) is 0 Å². The van der Waals surface area contributed by atoms with Crippen LogP contribution < -0.4 is 10.1 Å². The van der Waals surface area contributed by atoms with Crippen molar-refractivity contribution in [1.29, 1.82) is 0 Å². The SMILES string of the molecule is CCC(C)c1ccccc1OCC(=O)Nc1ccccc1C(=O)OC. The number of carbonyl (C=O) groups excluding carboxylic acids is 2. The fraction of sp³-hybridized carbons (Fsp3) is 0.300. The molecule has 0 spiro atoms. The Hall–Kier alpha value is -2.82. The van der Waals surface area contributed by atoms with Crippen LogP contribution in [0.3, 0.4) is 0 Å². The second-order valence-corrected chi connectivity index (χ2v) is 5.72. The Morgan fingerprint density at radius 3 is 2.48 bits per heavy atom. The maximum Gasteiger partial charge on any atom is 0.339 e. The number of methoxy groups -OCH3 is 1. The van der Waals surface area contributed by atoms with E-state index in [2.05, 4.69) is 19.2 Å². The van der Waals surface area contributed by atoms with E-state index in [1.807, 2.05) is 24.3 Å². The number of rotatable bonds is 7. The van der Waals surface area contributed by atoms with Crippen LogP contribution in [0.4, 0.5) is 5.69 Å². The number of carbonyl (C=O) groups is 2. The van der Waals surface area contributed by atoms with Gasteiger partial charge in [0, 0.05) is 0 Å². The van der Waals surface area contributed by atoms with Gasteiger partial charge in [-0.3, -0.25) is 4.79 Å². The summed E-state index contributed by atoms with van der Waals surface area (Å²) in [5.74, 6) is 0.210. The molecule has 0 radical (unpaired) electrons. The van der Waals surface area contributed by atoms with Crippen LogP contribution in [0.5, 0.6) is 5.75 Å². The van der Waals surface area contributed by atoms with Gasteiger partial charge in [0.15, 0.2) is 6.61 Å². The standard InChI is InChI=1S/C20H23NO4/c1-4-14(2)15-9-6-8-12-18(15)25-13-19(22)21-17-11-7-5-10-16(17)20(23)24-3/h5-12,14H,4,13H2,1-3H3,(H,21,22). The molecule has 0 saturated carbocycles. The number of para-hydroxylation sites is 2. The second kappa shape index (κ2) is 8.87. The number of ether oxygens (including phenoxy) is 2. The number of nitrogens with one attached hydrogen (secondary N) is 1. The molecular formula is C20H23NO4. The zero-order valence-electron chi connectivity index (χ0n) is 14.7. The lowest BCUT2D eigenvalue weighted by Crippen LogP contribution is -2.22. The van der Waals surface area contributed by atoms with E-state index in [0.717, 1.165) is 12.0 Å². The fourth-order valence-corrected chi connectivity index (χ4v) is 2.45. The second-order valence-electron chi connectivity index (χ2n) is 5.72. The maximum absolute atomic E-state index is 12.2. The highest BCUT2D eigenvalue weighted by Crippen LogP contribution is 2.28. The van der Waals surface area contributed by atoms with Crippen molar-refractivity contribution in [3.8, 4) is 5.75 Å². The molecule has 0 aliphatic rings. The molecule has 25 heavy (non-hydrogen) atoms. The van der Waals surface area contributed by atoms with Gasteiger partial charge in [-0.1, -0.05) is 44.2 Å². The Balaban J connectivity index is 2.04. The predicted octanol–water partition coefficient (Wildman–Crippen LogP) is 4.00. The number of hydrogen-bond acceptors (Lipinski definition) is 4. The van der Waals surface area contributed by atoms with E-state index in [9.17, 15) is 9.59 Å². The molecule has 0 fully saturated rings. The van der Waals surface area contributed by atoms with Crippen molar-refractivity contribution in [3.63, 3.8) is 0 Å². The van der Waals surface area contributed by atoms with Gasteiger partial charge in [0.2, 0.25) is 0 Å². The lowest BCUT2D eigenvalue weighted by Gasteiger charge is -2.16. The van der Waals surface area contributed by atoms with E-state index in [1.54, 1.807) is 24.3 Å². The highest BCUT2D eigenvalue weighted by Gasteiger charge is 2.15. The van der Waals surface area contributed by atoms with Crippen LogP contribution in [0.15, 0.2) is 48.5 Å². The number of amides is 1. The van der Waals surface area contributed by atoms with Gasteiger partial charge >= 0.3 is 5.97 Å². The van der Waals surface area contributed by atoms with Gasteiger partial charge in [0.1, 0.15) is 5.75 Å². The average molecular weight is 341 g/mol. The summed E-state index contributed by atoms with van der Waals surface area (Å²) in [6.45, 7) is 4.09. The van der Waals surface area contributed by atoms with E-state index in [0.29, 0.717) is 22.9 Å². The summed E-state index contributed by atoms with van der Waals surface area (Å²) in [5, 5.41) is 2.69. The molecule has 2 aromatic carbocycles. The lowest BCUT2D eigenvalue weighted by molar-refractivity contribution is -0.118. The Labute approximate surface area is 148 Å². The van der Waals surface area contributed by atoms with Gasteiger partial charge in [0.05, 0.1) is 18.4 Å². The molecular weight excluding hydrogens is 318 g/mol. The van der Waals surface area contributed by atoms with Crippen molar-refractivity contribution < 1.29 is 19.1 Å². The minimum atomic E-state index is -0.501. The number of benzene rings is 2. The van der Waals surface area contributed by atoms with E-state index < -0.39 is 5.97 Å². The molecule has 2 aromatic rings. The summed E-state index contributed by atoms with van der Waals surface area (Å²) in [7, 11) is 1.30. The van der Waals surface area contributed by atoms with Crippen molar-refractivity contribution in [2.75, 3.05) is 19.0 Å². The van der Waals surface area contributed by atoms with Crippen molar-refractivity contribution in [1.82, 2.24) is 0 Å². The quantitative estimate of drug-likeness (QED) is 0.773. The Bertz CT molecular complexity index is 742. The van der Waals surface area contributed by atoms with Crippen molar-refractivity contribution in [2.24, 2.45) is 0 Å². The number of esters is 1. The minimum Gasteiger partial charge on any atom is -0.483 e. The molecule has 132 valence electrons. The van der Waals surface area contributed by atoms with Crippen LogP contribution in [0, 0.1) is 0 Å². The predicted molar refractivity (Wildman–Crippen MR) is 97.1 cm³/mol. The third-order valence-electron chi connectivity index (χ3n) is 4.03. The van der Waals surface area contributed by atoms with Crippen molar-refractivity contribution in [2.45, 2.75) is 26.2 Å². The summed E-state index contributed by atoms with van der Waals surface area (Å²) in [4.78, 5) is 24.0. The van der Waals surface area contributed by atoms with E-state index in [1.165, 1.54) is 7.11 Å². The molecule has 0 heterocycles. The zero-order chi connectivity index (χ0) is 18.2. The number of hydrogen-bond donors (Lipinski definition) is 1. The molecule has 1 amide bonds. The molecule has 5 heteroatoms. The summed E-state index contributed by atoms with van der Waals surface area (Å²) in [6.07, 6.45) is 0.985. The Kier molecular flexibility index (Phi) is 6.57. The Morgan fingerprint density at radius 1 is 1.08 bits per heavy atom. The lowest BCUT2D eigenvalue weighted by atomic mass is 9.98. The summed E-state index contributed by atoms with van der Waals surface area (Å²) >= 11 is 0. The zero-order valence-corrected chi connectivity index (χ0v) is 14.7. The summed E-state index contributed by atoms with van der Waals surface area (Å²) in [6, 6.07) is 14.4. The molecule has 0 aliphatic carbocycles. The minimum absolute atomic E-state index is 0.136. The molecule has 1 atom stereocenters. The van der Waals surface area contributed by atoms with Gasteiger partial charge in [-0.05, 0) is 36.1 Å². The van der Waals surface area contributed by atoms with E-state index >= 15 is 0 Å². The first kappa shape index (κ1) is 18.5. The highest BCUT2D eigenvalue weighted by molar-refractivity contribution is 6.01. The maximum atomic E-state index is 12.2. The van der Waals surface area contributed by atoms with Crippen LogP contribution in [-0.4, -0.2) is 25.6 Å². The normalized spacial score (nSPS) is 11.5. The van der Waals surface area contributed by atoms with Crippen LogP contribution >= 0.6 is 0 Å². The van der Waals surface area contributed by atoms with E-state index in [4.69, 9.17) is 9.47 Å². The van der Waals surface area contributed by atoms with Gasteiger partial charge in [-0.25, -0.2) is 4.79 Å². The van der Waals surface area contributed by atoms with Gasteiger partial charge in [-0.15, -0.1) is 0 Å². The van der Waals surface area contributed by atoms with Crippen LogP contribution in [-0.2, 0) is 9.53 Å². The molecule has 5 nitrogen and oxygen atoms in total. The average Bonchev–Trinajstić information content (AvgIpc) is 2.65. The first-order valence-corrected chi connectivity index (χ1v) is 8.25. The molecule has 0 aromatic heterocycles. The first-order valence-electron chi connectivity index (χ1n) is 8.25. The van der Waals surface area contributed by atoms with Gasteiger partial charge in [0.25, 0.3) is 5.91 Å². The molecule has 1 N–H and O–H groups in total. The highest BCUT2D eigenvalue weighted by atomic mass is 16.5. The van der Waals surface area contributed by atoms with Crippen molar-refractivity contribution >= 4 is 17.6 Å². The van der Waals surface area contributed by atoms with Crippen molar-refractivity contribution in [3.05, 3.63) is 59.7 Å². The monoisotopic (exact) mass is 341 g/mol. The third kappa shape index (κ3) is 4.83. The smallest absolute Gasteiger partial charge is 0.339 e. The summed E-state index contributed by atoms with van der Waals surface area (Å²) in [5.41, 5.74) is 1.78. The number of anilines is 1. The summed E-state index contributed by atoms with van der Waals surface area (Å²) < 4.78 is 10.4. The fourth-order valence-electron chi connectivity index (χ4n) is 2.45. The third-order valence-corrected chi connectivity index (χ3v) is 4.03. The van der Waals surface area contributed by atoms with E-state index in [-0.39, 0.29) is 12.5 Å². The van der Waals surface area contributed by atoms with Crippen LogP contribution in [0.2, 0.25) is 0 Å². The molecule has 1 unspecified atom stereocenters. The topological polar surface area (TPSA) is 64.6 Å². The molecule has 0 saturated heterocycles. The largest absolute Gasteiger partial charge is 0.483 e. The van der Waals surface area contributed by atoms with Gasteiger partial charge in [-0.2, -0.15) is 0 Å². The molecule has 2 rings (SSSR count). The van der Waals surface area contributed by atoms with Crippen LogP contribution in [0.1, 0.15) is 42.1 Å². The first-order chi connectivity index (χ1) is 12.1.